The second-order valence-electron chi connectivity index (χ2n) is 4.38. The van der Waals surface area contributed by atoms with Crippen molar-refractivity contribution in [3.63, 3.8) is 0 Å². The Balaban J connectivity index is 2.14. The highest BCUT2D eigenvalue weighted by molar-refractivity contribution is 7.89. The van der Waals surface area contributed by atoms with E-state index in [0.717, 1.165) is 18.9 Å². The fourth-order valence-electron chi connectivity index (χ4n) is 1.98. The highest BCUT2D eigenvalue weighted by Gasteiger charge is 2.26. The van der Waals surface area contributed by atoms with Crippen LogP contribution in [0.25, 0.3) is 0 Å². The van der Waals surface area contributed by atoms with Crippen LogP contribution in [0.4, 0.5) is 4.39 Å². The molecule has 1 saturated heterocycles. The standard InChI is InChI=1S/C12H16FNO3S/c1-14(9-11-5-3-7-17-11)18(15,16)12-6-2-4-10(13)8-12/h2,4,6,8,11H,3,5,7,9H2,1H3. The van der Waals surface area contributed by atoms with Gasteiger partial charge in [0.1, 0.15) is 5.82 Å². The minimum Gasteiger partial charge on any atom is -0.377 e. The van der Waals surface area contributed by atoms with Crippen molar-refractivity contribution in [3.05, 3.63) is 30.1 Å². The number of likely N-dealkylation sites (N-methyl/N-ethyl adjacent to an activating group) is 1. The van der Waals surface area contributed by atoms with E-state index >= 15 is 0 Å². The number of benzene rings is 1. The molecule has 0 amide bonds. The van der Waals surface area contributed by atoms with Crippen molar-refractivity contribution in [3.8, 4) is 0 Å². The molecule has 1 aliphatic heterocycles. The van der Waals surface area contributed by atoms with E-state index in [1.165, 1.54) is 29.6 Å². The number of hydrogen-bond acceptors (Lipinski definition) is 3. The molecule has 1 aromatic carbocycles. The van der Waals surface area contributed by atoms with Crippen LogP contribution in [-0.2, 0) is 14.8 Å². The van der Waals surface area contributed by atoms with Gasteiger partial charge in [-0.05, 0) is 31.0 Å². The molecule has 1 atom stereocenters. The van der Waals surface area contributed by atoms with E-state index < -0.39 is 15.8 Å². The van der Waals surface area contributed by atoms with Gasteiger partial charge in [-0.1, -0.05) is 6.07 Å². The molecule has 4 nitrogen and oxygen atoms in total. The third-order valence-corrected chi connectivity index (χ3v) is 4.81. The highest BCUT2D eigenvalue weighted by atomic mass is 32.2. The van der Waals surface area contributed by atoms with E-state index in [4.69, 9.17) is 4.74 Å². The maximum Gasteiger partial charge on any atom is 0.243 e. The van der Waals surface area contributed by atoms with Crippen LogP contribution in [-0.4, -0.2) is 39.0 Å². The topological polar surface area (TPSA) is 46.6 Å². The summed E-state index contributed by atoms with van der Waals surface area (Å²) < 4.78 is 44.0. The molecule has 1 aliphatic rings. The lowest BCUT2D eigenvalue weighted by Crippen LogP contribution is -2.34. The first kappa shape index (κ1) is 13.5. The Bertz CT molecular complexity index is 512. The maximum atomic E-state index is 13.1. The van der Waals surface area contributed by atoms with E-state index in [1.807, 2.05) is 0 Å². The third kappa shape index (κ3) is 2.88. The van der Waals surface area contributed by atoms with E-state index in [1.54, 1.807) is 0 Å². The molecule has 0 radical (unpaired) electrons. The molecule has 1 fully saturated rings. The molecule has 6 heteroatoms. The summed E-state index contributed by atoms with van der Waals surface area (Å²) in [5.74, 6) is -0.554. The van der Waals surface area contributed by atoms with Crippen molar-refractivity contribution in [2.75, 3.05) is 20.2 Å². The molecule has 18 heavy (non-hydrogen) atoms. The number of nitrogens with zero attached hydrogens (tertiary/aromatic N) is 1. The van der Waals surface area contributed by atoms with E-state index in [9.17, 15) is 12.8 Å². The molecule has 0 N–H and O–H groups in total. The van der Waals surface area contributed by atoms with Gasteiger partial charge in [-0.25, -0.2) is 12.8 Å². The zero-order valence-corrected chi connectivity index (χ0v) is 11.0. The SMILES string of the molecule is CN(CC1CCCO1)S(=O)(=O)c1cccc(F)c1. The van der Waals surface area contributed by atoms with Crippen LogP contribution in [0.15, 0.2) is 29.2 Å². The Labute approximate surface area is 106 Å². The van der Waals surface area contributed by atoms with Gasteiger partial charge >= 0.3 is 0 Å². The summed E-state index contributed by atoms with van der Waals surface area (Å²) in [6.07, 6.45) is 1.76. The zero-order valence-electron chi connectivity index (χ0n) is 10.2. The second kappa shape index (κ2) is 5.34. The van der Waals surface area contributed by atoms with Crippen molar-refractivity contribution in [1.82, 2.24) is 4.31 Å². The quantitative estimate of drug-likeness (QED) is 0.837. The first-order valence-electron chi connectivity index (χ1n) is 5.83. The summed E-state index contributed by atoms with van der Waals surface area (Å²) in [6, 6.07) is 5.03. The van der Waals surface area contributed by atoms with Crippen LogP contribution >= 0.6 is 0 Å². The van der Waals surface area contributed by atoms with Gasteiger partial charge in [0.25, 0.3) is 0 Å². The van der Waals surface area contributed by atoms with Gasteiger partial charge in [0.05, 0.1) is 11.0 Å². The predicted molar refractivity (Wildman–Crippen MR) is 65.2 cm³/mol. The number of rotatable bonds is 4. The maximum absolute atomic E-state index is 13.1. The molecular weight excluding hydrogens is 257 g/mol. The Morgan fingerprint density at radius 3 is 2.89 bits per heavy atom. The summed E-state index contributed by atoms with van der Waals surface area (Å²) in [7, 11) is -2.15. The molecule has 1 aromatic rings. The van der Waals surface area contributed by atoms with Crippen molar-refractivity contribution in [2.24, 2.45) is 0 Å². The van der Waals surface area contributed by atoms with E-state index in [2.05, 4.69) is 0 Å². The van der Waals surface area contributed by atoms with Gasteiger partial charge in [-0.3, -0.25) is 0 Å². The lowest BCUT2D eigenvalue weighted by Gasteiger charge is -2.20. The van der Waals surface area contributed by atoms with Crippen LogP contribution < -0.4 is 0 Å². The van der Waals surface area contributed by atoms with Crippen LogP contribution in [0.2, 0.25) is 0 Å². The molecule has 100 valence electrons. The average molecular weight is 273 g/mol. The van der Waals surface area contributed by atoms with Crippen molar-refractivity contribution in [2.45, 2.75) is 23.8 Å². The minimum absolute atomic E-state index is 0.0250. The van der Waals surface area contributed by atoms with E-state index in [0.29, 0.717) is 13.2 Å². The van der Waals surface area contributed by atoms with Gasteiger partial charge in [-0.2, -0.15) is 4.31 Å². The molecule has 0 aromatic heterocycles. The van der Waals surface area contributed by atoms with Crippen molar-refractivity contribution >= 4 is 10.0 Å². The number of ether oxygens (including phenoxy) is 1. The van der Waals surface area contributed by atoms with Crippen LogP contribution in [0.1, 0.15) is 12.8 Å². The van der Waals surface area contributed by atoms with Gasteiger partial charge < -0.3 is 4.74 Å². The number of halogens is 1. The van der Waals surface area contributed by atoms with E-state index in [-0.39, 0.29) is 11.0 Å². The lowest BCUT2D eigenvalue weighted by molar-refractivity contribution is 0.0979. The van der Waals surface area contributed by atoms with Gasteiger partial charge in [-0.15, -0.1) is 0 Å². The number of sulfonamides is 1. The first-order valence-corrected chi connectivity index (χ1v) is 7.27. The minimum atomic E-state index is -3.64. The lowest BCUT2D eigenvalue weighted by atomic mass is 10.2. The molecule has 0 spiro atoms. The van der Waals surface area contributed by atoms with Gasteiger partial charge in [0.15, 0.2) is 0 Å². The Kier molecular flexibility index (Phi) is 3.99. The van der Waals surface area contributed by atoms with Crippen LogP contribution in [0, 0.1) is 5.82 Å². The fourth-order valence-corrected chi connectivity index (χ4v) is 3.22. The molecule has 2 rings (SSSR count). The molecule has 1 unspecified atom stereocenters. The Hall–Kier alpha value is -0.980. The molecule has 0 aliphatic carbocycles. The monoisotopic (exact) mass is 273 g/mol. The van der Waals surface area contributed by atoms with Crippen molar-refractivity contribution in [1.29, 1.82) is 0 Å². The molecule has 1 heterocycles. The largest absolute Gasteiger partial charge is 0.377 e. The summed E-state index contributed by atoms with van der Waals surface area (Å²) in [4.78, 5) is -0.0250. The average Bonchev–Trinajstić information content (AvgIpc) is 2.81. The first-order chi connectivity index (χ1) is 8.50. The van der Waals surface area contributed by atoms with Crippen molar-refractivity contribution < 1.29 is 17.5 Å². The molecular formula is C12H16FNO3S. The molecule has 0 saturated carbocycles. The second-order valence-corrected chi connectivity index (χ2v) is 6.42. The third-order valence-electron chi connectivity index (χ3n) is 2.99. The summed E-state index contributed by atoms with van der Waals surface area (Å²) in [5.41, 5.74) is 0. The Morgan fingerprint density at radius 2 is 2.28 bits per heavy atom. The zero-order chi connectivity index (χ0) is 13.2. The Morgan fingerprint density at radius 1 is 1.50 bits per heavy atom. The van der Waals surface area contributed by atoms with Gasteiger partial charge in [0.2, 0.25) is 10.0 Å². The highest BCUT2D eigenvalue weighted by Crippen LogP contribution is 2.19. The summed E-state index contributed by atoms with van der Waals surface area (Å²) in [5, 5.41) is 0. The normalized spacial score (nSPS) is 20.5. The smallest absolute Gasteiger partial charge is 0.243 e. The van der Waals surface area contributed by atoms with Gasteiger partial charge in [0, 0.05) is 20.2 Å². The fraction of sp³-hybridized carbons (Fsp3) is 0.500. The summed E-state index contributed by atoms with van der Waals surface area (Å²) >= 11 is 0. The van der Waals surface area contributed by atoms with Crippen LogP contribution in [0.5, 0.6) is 0 Å². The predicted octanol–water partition coefficient (Wildman–Crippen LogP) is 1.63. The molecule has 0 bridgehead atoms. The number of hydrogen-bond donors (Lipinski definition) is 0. The van der Waals surface area contributed by atoms with Crippen LogP contribution in [0.3, 0.4) is 0 Å². The summed E-state index contributed by atoms with van der Waals surface area (Å²) in [6.45, 7) is 0.983.